The van der Waals surface area contributed by atoms with E-state index in [0.29, 0.717) is 0 Å². The molecule has 0 aliphatic carbocycles. The lowest BCUT2D eigenvalue weighted by Gasteiger charge is -2.19. The maximum atomic E-state index is 8.76. The van der Waals surface area contributed by atoms with E-state index in [0.717, 1.165) is 30.3 Å². The van der Waals surface area contributed by atoms with Crippen molar-refractivity contribution in [2.24, 2.45) is 5.92 Å². The maximum absolute atomic E-state index is 8.76. The number of aromatic nitrogens is 1. The van der Waals surface area contributed by atoms with Crippen LogP contribution in [0, 0.1) is 24.2 Å². The summed E-state index contributed by atoms with van der Waals surface area (Å²) in [6.07, 6.45) is 0. The Labute approximate surface area is 95.4 Å². The van der Waals surface area contributed by atoms with Crippen molar-refractivity contribution < 1.29 is 0 Å². The second-order valence-electron chi connectivity index (χ2n) is 3.74. The summed E-state index contributed by atoms with van der Waals surface area (Å²) in [5, 5.41) is 12.0. The van der Waals surface area contributed by atoms with Crippen LogP contribution in [0.4, 0.5) is 0 Å². The molecule has 0 aromatic carbocycles. The highest BCUT2D eigenvalue weighted by Gasteiger charge is 2.10. The molecule has 0 N–H and O–H groups in total. The van der Waals surface area contributed by atoms with Crippen LogP contribution < -0.4 is 0 Å². The molecule has 0 aliphatic heterocycles. The molecular formula is C11H17N3S. The van der Waals surface area contributed by atoms with Gasteiger partial charge < -0.3 is 0 Å². The molecule has 3 nitrogen and oxygen atoms in total. The molecule has 0 saturated carbocycles. The standard InChI is InChI=1S/C11H17N3S/c1-4-14(6-9(2)5-12)7-11-13-10(3)8-15-11/h8-9H,4,6-7H2,1-3H3. The Morgan fingerprint density at radius 2 is 2.40 bits per heavy atom. The SMILES string of the molecule is CCN(Cc1nc(C)cs1)CC(C)C#N. The molecule has 0 amide bonds. The molecule has 1 aromatic rings. The van der Waals surface area contributed by atoms with Gasteiger partial charge in [-0.3, -0.25) is 4.90 Å². The number of thiazole rings is 1. The Balaban J connectivity index is 2.51. The summed E-state index contributed by atoms with van der Waals surface area (Å²) >= 11 is 1.69. The van der Waals surface area contributed by atoms with E-state index in [4.69, 9.17) is 5.26 Å². The van der Waals surface area contributed by atoms with E-state index >= 15 is 0 Å². The molecule has 0 fully saturated rings. The molecule has 82 valence electrons. The first-order chi connectivity index (χ1) is 7.15. The molecule has 15 heavy (non-hydrogen) atoms. The summed E-state index contributed by atoms with van der Waals surface area (Å²) in [7, 11) is 0. The summed E-state index contributed by atoms with van der Waals surface area (Å²) in [6, 6.07) is 2.26. The lowest BCUT2D eigenvalue weighted by atomic mass is 10.2. The number of nitrogens with zero attached hydrogens (tertiary/aromatic N) is 3. The molecule has 0 radical (unpaired) electrons. The lowest BCUT2D eigenvalue weighted by Crippen LogP contribution is -2.27. The normalized spacial score (nSPS) is 12.7. The van der Waals surface area contributed by atoms with Gasteiger partial charge in [-0.2, -0.15) is 5.26 Å². The number of aryl methyl sites for hydroxylation is 1. The van der Waals surface area contributed by atoms with E-state index in [1.807, 2.05) is 13.8 Å². The second-order valence-corrected chi connectivity index (χ2v) is 4.68. The first-order valence-corrected chi connectivity index (χ1v) is 6.06. The quantitative estimate of drug-likeness (QED) is 0.769. The van der Waals surface area contributed by atoms with Crippen molar-refractivity contribution in [3.63, 3.8) is 0 Å². The van der Waals surface area contributed by atoms with Gasteiger partial charge in [0.05, 0.1) is 18.5 Å². The van der Waals surface area contributed by atoms with Crippen LogP contribution in [0.1, 0.15) is 24.5 Å². The Kier molecular flexibility index (Phi) is 4.73. The molecule has 1 unspecified atom stereocenters. The zero-order chi connectivity index (χ0) is 11.3. The molecule has 4 heteroatoms. The Hall–Kier alpha value is -0.920. The average Bonchev–Trinajstić information content (AvgIpc) is 2.62. The van der Waals surface area contributed by atoms with Crippen molar-refractivity contribution in [1.82, 2.24) is 9.88 Å². The van der Waals surface area contributed by atoms with Crippen LogP contribution >= 0.6 is 11.3 Å². The first kappa shape index (κ1) is 12.2. The Morgan fingerprint density at radius 3 is 2.87 bits per heavy atom. The maximum Gasteiger partial charge on any atom is 0.107 e. The van der Waals surface area contributed by atoms with Gasteiger partial charge in [0.15, 0.2) is 0 Å². The fraction of sp³-hybridized carbons (Fsp3) is 0.636. The number of hydrogen-bond acceptors (Lipinski definition) is 4. The zero-order valence-corrected chi connectivity index (χ0v) is 10.3. The van der Waals surface area contributed by atoms with E-state index in [1.165, 1.54) is 0 Å². The van der Waals surface area contributed by atoms with Crippen LogP contribution in [0.2, 0.25) is 0 Å². The van der Waals surface area contributed by atoms with Gasteiger partial charge >= 0.3 is 0 Å². The number of hydrogen-bond donors (Lipinski definition) is 0. The minimum absolute atomic E-state index is 0.0889. The van der Waals surface area contributed by atoms with Crippen molar-refractivity contribution in [2.75, 3.05) is 13.1 Å². The molecule has 1 atom stereocenters. The van der Waals surface area contributed by atoms with E-state index in [9.17, 15) is 0 Å². The highest BCUT2D eigenvalue weighted by molar-refractivity contribution is 7.09. The second kappa shape index (κ2) is 5.84. The summed E-state index contributed by atoms with van der Waals surface area (Å²) in [6.45, 7) is 8.73. The van der Waals surface area contributed by atoms with Crippen LogP contribution in [-0.4, -0.2) is 23.0 Å². The zero-order valence-electron chi connectivity index (χ0n) is 9.53. The molecule has 0 spiro atoms. The van der Waals surface area contributed by atoms with Gasteiger partial charge in [-0.05, 0) is 20.4 Å². The monoisotopic (exact) mass is 223 g/mol. The van der Waals surface area contributed by atoms with E-state index in [1.54, 1.807) is 11.3 Å². The Morgan fingerprint density at radius 1 is 1.67 bits per heavy atom. The first-order valence-electron chi connectivity index (χ1n) is 5.18. The molecule has 1 heterocycles. The predicted molar refractivity (Wildman–Crippen MR) is 62.6 cm³/mol. The number of rotatable bonds is 5. The van der Waals surface area contributed by atoms with Crippen molar-refractivity contribution >= 4 is 11.3 Å². The molecule has 1 aromatic heterocycles. The third kappa shape index (κ3) is 3.98. The van der Waals surface area contributed by atoms with Crippen LogP contribution in [0.25, 0.3) is 0 Å². The van der Waals surface area contributed by atoms with Crippen molar-refractivity contribution in [3.8, 4) is 6.07 Å². The fourth-order valence-electron chi connectivity index (χ4n) is 1.40. The highest BCUT2D eigenvalue weighted by atomic mass is 32.1. The summed E-state index contributed by atoms with van der Waals surface area (Å²) < 4.78 is 0. The average molecular weight is 223 g/mol. The van der Waals surface area contributed by atoms with Gasteiger partial charge in [0.25, 0.3) is 0 Å². The molecule has 0 bridgehead atoms. The van der Waals surface area contributed by atoms with Crippen molar-refractivity contribution in [1.29, 1.82) is 5.26 Å². The van der Waals surface area contributed by atoms with Crippen LogP contribution in [0.3, 0.4) is 0 Å². The third-order valence-corrected chi connectivity index (χ3v) is 3.18. The third-order valence-electron chi connectivity index (χ3n) is 2.23. The minimum Gasteiger partial charge on any atom is -0.296 e. The van der Waals surface area contributed by atoms with Gasteiger partial charge in [0.1, 0.15) is 5.01 Å². The van der Waals surface area contributed by atoms with Crippen molar-refractivity contribution in [3.05, 3.63) is 16.1 Å². The lowest BCUT2D eigenvalue weighted by molar-refractivity contribution is 0.260. The summed E-state index contributed by atoms with van der Waals surface area (Å²) in [5.74, 6) is 0.0889. The summed E-state index contributed by atoms with van der Waals surface area (Å²) in [5.41, 5.74) is 1.08. The predicted octanol–water partition coefficient (Wildman–Crippen LogP) is 2.43. The van der Waals surface area contributed by atoms with Crippen LogP contribution in [-0.2, 0) is 6.54 Å². The highest BCUT2D eigenvalue weighted by Crippen LogP contribution is 2.12. The Bertz CT molecular complexity index is 340. The smallest absolute Gasteiger partial charge is 0.107 e. The molecule has 1 rings (SSSR count). The van der Waals surface area contributed by atoms with Gasteiger partial charge in [0, 0.05) is 17.6 Å². The van der Waals surface area contributed by atoms with Gasteiger partial charge in [-0.25, -0.2) is 4.98 Å². The van der Waals surface area contributed by atoms with E-state index in [2.05, 4.69) is 28.3 Å². The number of nitriles is 1. The topological polar surface area (TPSA) is 39.9 Å². The van der Waals surface area contributed by atoms with E-state index in [-0.39, 0.29) is 5.92 Å². The minimum atomic E-state index is 0.0889. The fourth-order valence-corrected chi connectivity index (χ4v) is 2.21. The van der Waals surface area contributed by atoms with Gasteiger partial charge in [-0.1, -0.05) is 6.92 Å². The van der Waals surface area contributed by atoms with Crippen LogP contribution in [0.15, 0.2) is 5.38 Å². The van der Waals surface area contributed by atoms with Gasteiger partial charge in [-0.15, -0.1) is 11.3 Å². The molecule has 0 aliphatic rings. The summed E-state index contributed by atoms with van der Waals surface area (Å²) in [4.78, 5) is 6.68. The van der Waals surface area contributed by atoms with Crippen molar-refractivity contribution in [2.45, 2.75) is 27.3 Å². The van der Waals surface area contributed by atoms with Gasteiger partial charge in [0.2, 0.25) is 0 Å². The molecular weight excluding hydrogens is 206 g/mol. The molecule has 0 saturated heterocycles. The largest absolute Gasteiger partial charge is 0.296 e. The van der Waals surface area contributed by atoms with Crippen LogP contribution in [0.5, 0.6) is 0 Å². The van der Waals surface area contributed by atoms with E-state index < -0.39 is 0 Å².